The number of Topliss-reactive ketones (excluding diaryl/α,β-unsaturated/α-hetero) is 1. The van der Waals surface area contributed by atoms with Gasteiger partial charge in [0.15, 0.2) is 11.9 Å². The van der Waals surface area contributed by atoms with Crippen LogP contribution in [0.1, 0.15) is 113 Å². The second kappa shape index (κ2) is 16.6. The Bertz CT molecular complexity index is 1440. The summed E-state index contributed by atoms with van der Waals surface area (Å²) in [5, 5.41) is 5.31. The SMILES string of the molecule is CC(=O)O[C@H](C[C@H](C(C)C)N(C)C(=O)[C@@H](CC(=O)[C@H]1CC2CCN1CC2)C1CC1)c1nc(C(=O)N[C@@H](Cc2ncccn2)CC(C)C)cs1. The molecule has 2 bridgehead atoms. The van der Waals surface area contributed by atoms with Crippen LogP contribution in [0.3, 0.4) is 0 Å². The van der Waals surface area contributed by atoms with E-state index >= 15 is 0 Å². The molecule has 1 N–H and O–H groups in total. The molecule has 49 heavy (non-hydrogen) atoms. The zero-order valence-corrected chi connectivity index (χ0v) is 30.8. The first-order chi connectivity index (χ1) is 23.4. The normalized spacial score (nSPS) is 22.7. The third kappa shape index (κ3) is 9.93. The molecule has 3 saturated heterocycles. The van der Waals surface area contributed by atoms with Gasteiger partial charge in [0.05, 0.1) is 6.04 Å². The van der Waals surface area contributed by atoms with Gasteiger partial charge >= 0.3 is 5.97 Å². The average molecular weight is 695 g/mol. The van der Waals surface area contributed by atoms with Crippen molar-refractivity contribution in [2.45, 2.75) is 117 Å². The van der Waals surface area contributed by atoms with E-state index in [4.69, 9.17) is 4.74 Å². The lowest BCUT2D eigenvalue weighted by Gasteiger charge is -2.45. The number of esters is 1. The van der Waals surface area contributed by atoms with Crippen LogP contribution in [0.15, 0.2) is 23.8 Å². The molecular formula is C37H54N6O5S. The van der Waals surface area contributed by atoms with Crippen LogP contribution in [-0.4, -0.2) is 86.6 Å². The minimum atomic E-state index is -0.734. The molecule has 2 amide bonds. The Kier molecular flexibility index (Phi) is 12.6. The zero-order valence-electron chi connectivity index (χ0n) is 30.0. The first-order valence-corrected chi connectivity index (χ1v) is 19.0. The van der Waals surface area contributed by atoms with E-state index in [0.717, 1.165) is 38.8 Å². The Morgan fingerprint density at radius 3 is 2.31 bits per heavy atom. The standard InChI is InChI=1S/C37H54N6O5S/c1-22(2)16-27(18-34-38-12-7-13-39-34)40-35(46)29-21-49-36(41-29)33(48-24(5)44)20-30(23(3)4)42(6)37(47)28(26-8-9-26)19-32(45)31-17-25-10-14-43(31)15-11-25/h7,12-13,21-23,25-28,30-31,33H,8-11,14-20H2,1-6H3,(H,40,46)/t27-,28+,30-,31-,33-/m1/s1. The van der Waals surface area contributed by atoms with Crippen molar-refractivity contribution in [2.24, 2.45) is 29.6 Å². The van der Waals surface area contributed by atoms with Crippen molar-refractivity contribution in [3.05, 3.63) is 40.4 Å². The number of carbonyl (C=O) groups excluding carboxylic acids is 4. The molecule has 4 fully saturated rings. The summed E-state index contributed by atoms with van der Waals surface area (Å²) >= 11 is 1.27. The number of carbonyl (C=O) groups is 4. The highest BCUT2D eigenvalue weighted by atomic mass is 32.1. The van der Waals surface area contributed by atoms with Gasteiger partial charge in [0, 0.05) is 69.0 Å². The number of fused-ring (bicyclic) bond motifs is 3. The molecule has 1 aliphatic carbocycles. The lowest BCUT2D eigenvalue weighted by molar-refractivity contribution is -0.149. The molecule has 0 radical (unpaired) electrons. The quantitative estimate of drug-likeness (QED) is 0.220. The molecule has 0 unspecified atom stereocenters. The van der Waals surface area contributed by atoms with E-state index in [2.05, 4.69) is 52.9 Å². The van der Waals surface area contributed by atoms with E-state index in [1.165, 1.54) is 31.1 Å². The highest BCUT2D eigenvalue weighted by molar-refractivity contribution is 7.09. The summed E-state index contributed by atoms with van der Waals surface area (Å²) in [6.07, 6.45) is 9.73. The van der Waals surface area contributed by atoms with Crippen LogP contribution >= 0.6 is 11.3 Å². The molecule has 0 spiro atoms. The van der Waals surface area contributed by atoms with Crippen LogP contribution < -0.4 is 5.32 Å². The van der Waals surface area contributed by atoms with Gasteiger partial charge in [0.25, 0.3) is 5.91 Å². The molecule has 12 heteroatoms. The third-order valence-corrected chi connectivity index (χ3v) is 11.4. The molecule has 1 saturated carbocycles. The highest BCUT2D eigenvalue weighted by Crippen LogP contribution is 2.42. The molecule has 4 aliphatic rings. The molecule has 5 atom stereocenters. The monoisotopic (exact) mass is 694 g/mol. The number of amides is 2. The lowest BCUT2D eigenvalue weighted by Crippen LogP contribution is -2.53. The molecule has 0 aromatic carbocycles. The van der Waals surface area contributed by atoms with Crippen LogP contribution in [-0.2, 0) is 25.5 Å². The number of aromatic nitrogens is 3. The summed E-state index contributed by atoms with van der Waals surface area (Å²) in [6, 6.07) is 1.26. The fourth-order valence-electron chi connectivity index (χ4n) is 7.75. The van der Waals surface area contributed by atoms with E-state index < -0.39 is 12.1 Å². The highest BCUT2D eigenvalue weighted by Gasteiger charge is 2.44. The van der Waals surface area contributed by atoms with Gasteiger partial charge in [-0.05, 0) is 81.4 Å². The molecule has 268 valence electrons. The Labute approximate surface area is 295 Å². The van der Waals surface area contributed by atoms with E-state index in [1.807, 2.05) is 7.05 Å². The summed E-state index contributed by atoms with van der Waals surface area (Å²) < 4.78 is 5.81. The summed E-state index contributed by atoms with van der Waals surface area (Å²) in [6.45, 7) is 11.6. The lowest BCUT2D eigenvalue weighted by atomic mass is 9.79. The maximum Gasteiger partial charge on any atom is 0.303 e. The summed E-state index contributed by atoms with van der Waals surface area (Å²) in [4.78, 5) is 70.9. The Morgan fingerprint density at radius 1 is 1.04 bits per heavy atom. The Morgan fingerprint density at radius 2 is 1.73 bits per heavy atom. The average Bonchev–Trinajstić information content (AvgIpc) is 3.79. The van der Waals surface area contributed by atoms with E-state index in [0.29, 0.717) is 41.9 Å². The van der Waals surface area contributed by atoms with Gasteiger partial charge in [0.2, 0.25) is 5.91 Å². The van der Waals surface area contributed by atoms with E-state index in [9.17, 15) is 19.2 Å². The van der Waals surface area contributed by atoms with E-state index in [-0.39, 0.29) is 59.2 Å². The number of hydrogen-bond acceptors (Lipinski definition) is 10. The van der Waals surface area contributed by atoms with Crippen LogP contribution in [0.2, 0.25) is 0 Å². The zero-order chi connectivity index (χ0) is 35.2. The van der Waals surface area contributed by atoms with Crippen molar-refractivity contribution in [1.29, 1.82) is 0 Å². The van der Waals surface area contributed by atoms with Crippen LogP contribution in [0.5, 0.6) is 0 Å². The summed E-state index contributed by atoms with van der Waals surface area (Å²) in [7, 11) is 1.82. The number of ketones is 1. The van der Waals surface area contributed by atoms with Gasteiger partial charge in [-0.3, -0.25) is 24.1 Å². The van der Waals surface area contributed by atoms with Crippen molar-refractivity contribution >= 4 is 34.9 Å². The van der Waals surface area contributed by atoms with E-state index in [1.54, 1.807) is 28.7 Å². The fourth-order valence-corrected chi connectivity index (χ4v) is 8.59. The molecule has 5 heterocycles. The van der Waals surface area contributed by atoms with Gasteiger partial charge in [-0.25, -0.2) is 15.0 Å². The number of thiazole rings is 1. The molecular weight excluding hydrogens is 641 g/mol. The van der Waals surface area contributed by atoms with Crippen LogP contribution in [0.25, 0.3) is 0 Å². The maximum absolute atomic E-state index is 14.2. The number of nitrogens with one attached hydrogen (secondary N) is 1. The number of hydrogen-bond donors (Lipinski definition) is 1. The predicted molar refractivity (Wildman–Crippen MR) is 188 cm³/mol. The number of nitrogens with zero attached hydrogens (tertiary/aromatic N) is 5. The van der Waals surface area contributed by atoms with Gasteiger partial charge in [-0.15, -0.1) is 11.3 Å². The number of ether oxygens (including phenoxy) is 1. The molecule has 2 aromatic heterocycles. The van der Waals surface area contributed by atoms with Crippen molar-refractivity contribution in [3.8, 4) is 0 Å². The topological polar surface area (TPSA) is 135 Å². The Balaban J connectivity index is 1.27. The molecule has 2 aromatic rings. The first kappa shape index (κ1) is 37.0. The van der Waals surface area contributed by atoms with Gasteiger partial charge in [-0.2, -0.15) is 0 Å². The van der Waals surface area contributed by atoms with Crippen LogP contribution in [0, 0.1) is 29.6 Å². The predicted octanol–water partition coefficient (Wildman–Crippen LogP) is 5.27. The van der Waals surface area contributed by atoms with Crippen molar-refractivity contribution < 1.29 is 23.9 Å². The first-order valence-electron chi connectivity index (χ1n) is 18.1. The molecule has 11 nitrogen and oxygen atoms in total. The molecule has 6 rings (SSSR count). The van der Waals surface area contributed by atoms with Gasteiger partial charge < -0.3 is 15.0 Å². The second-order valence-electron chi connectivity index (χ2n) is 15.2. The van der Waals surface area contributed by atoms with Crippen molar-refractivity contribution in [1.82, 2.24) is 30.1 Å². The molecule has 3 aliphatic heterocycles. The minimum Gasteiger partial charge on any atom is -0.455 e. The summed E-state index contributed by atoms with van der Waals surface area (Å²) in [5.74, 6) is 1.02. The smallest absolute Gasteiger partial charge is 0.303 e. The van der Waals surface area contributed by atoms with Gasteiger partial charge in [0.1, 0.15) is 16.5 Å². The van der Waals surface area contributed by atoms with Crippen LogP contribution in [0.4, 0.5) is 0 Å². The fraction of sp³-hybridized carbons (Fsp3) is 0.703. The third-order valence-electron chi connectivity index (χ3n) is 10.5. The minimum absolute atomic E-state index is 0.00936. The number of rotatable bonds is 17. The van der Waals surface area contributed by atoms with Gasteiger partial charge in [-0.1, -0.05) is 27.7 Å². The maximum atomic E-state index is 14.2. The summed E-state index contributed by atoms with van der Waals surface area (Å²) in [5.41, 5.74) is 0.255. The Hall–Kier alpha value is -3.25. The second-order valence-corrected chi connectivity index (χ2v) is 16.1. The van der Waals surface area contributed by atoms with Crippen molar-refractivity contribution in [3.63, 3.8) is 0 Å². The number of piperidine rings is 3. The largest absolute Gasteiger partial charge is 0.455 e. The van der Waals surface area contributed by atoms with Crippen molar-refractivity contribution in [2.75, 3.05) is 20.1 Å².